The first kappa shape index (κ1) is 13.2. The van der Waals surface area contributed by atoms with Crippen LogP contribution in [0.3, 0.4) is 0 Å². The maximum absolute atomic E-state index is 6.18. The van der Waals surface area contributed by atoms with Gasteiger partial charge in [-0.15, -0.1) is 0 Å². The largest absolute Gasteiger partial charge is 0.493 e. The fourth-order valence-corrected chi connectivity index (χ4v) is 3.06. The van der Waals surface area contributed by atoms with Gasteiger partial charge in [-0.3, -0.25) is 0 Å². The van der Waals surface area contributed by atoms with Gasteiger partial charge in [0.05, 0.1) is 6.61 Å². The third-order valence-corrected chi connectivity index (χ3v) is 5.19. The van der Waals surface area contributed by atoms with E-state index in [0.717, 1.165) is 42.0 Å². The summed E-state index contributed by atoms with van der Waals surface area (Å²) in [6, 6.07) is 4.09. The lowest BCUT2D eigenvalue weighted by molar-refractivity contribution is 0.331. The highest BCUT2D eigenvalue weighted by atomic mass is 79.9. The predicted octanol–water partition coefficient (Wildman–Crippen LogP) is 4.63. The number of alkyl halides is 1. The van der Waals surface area contributed by atoms with Crippen LogP contribution in [0, 0.1) is 5.41 Å². The average Bonchev–Trinajstić information content (AvgIpc) is 2.77. The molecule has 1 nitrogen and oxygen atoms in total. The molecule has 0 spiro atoms. The standard InChI is InChI=1S/C14H18BrClO/c1-3-14(2,9-15)8-11-7-12(16)6-10-4-5-17-13(10)11/h6-7H,3-5,8-9H2,1-2H3. The van der Waals surface area contributed by atoms with Crippen LogP contribution in [0.15, 0.2) is 12.1 Å². The Morgan fingerprint density at radius 1 is 1.47 bits per heavy atom. The summed E-state index contributed by atoms with van der Waals surface area (Å²) in [7, 11) is 0. The molecule has 0 saturated heterocycles. The third kappa shape index (κ3) is 2.79. The summed E-state index contributed by atoms with van der Waals surface area (Å²) in [5, 5.41) is 1.83. The van der Waals surface area contributed by atoms with Crippen molar-refractivity contribution in [2.24, 2.45) is 5.41 Å². The number of ether oxygens (including phenoxy) is 1. The molecule has 1 heterocycles. The van der Waals surface area contributed by atoms with E-state index in [1.807, 2.05) is 6.07 Å². The second-order valence-electron chi connectivity index (χ2n) is 5.13. The summed E-state index contributed by atoms with van der Waals surface area (Å²) in [4.78, 5) is 0. The summed E-state index contributed by atoms with van der Waals surface area (Å²) in [5.41, 5.74) is 2.79. The Hall–Kier alpha value is -0.210. The van der Waals surface area contributed by atoms with Crippen LogP contribution in [-0.4, -0.2) is 11.9 Å². The summed E-state index contributed by atoms with van der Waals surface area (Å²) in [6.07, 6.45) is 3.14. The Morgan fingerprint density at radius 2 is 2.24 bits per heavy atom. The van der Waals surface area contributed by atoms with Crippen LogP contribution in [0.2, 0.25) is 5.02 Å². The van der Waals surface area contributed by atoms with Crippen molar-refractivity contribution in [3.8, 4) is 5.75 Å². The molecule has 1 aliphatic heterocycles. The number of fused-ring (bicyclic) bond motifs is 1. The van der Waals surface area contributed by atoms with E-state index in [9.17, 15) is 0 Å². The number of hydrogen-bond acceptors (Lipinski definition) is 1. The van der Waals surface area contributed by atoms with E-state index in [0.29, 0.717) is 0 Å². The monoisotopic (exact) mass is 316 g/mol. The summed E-state index contributed by atoms with van der Waals surface area (Å²) < 4.78 is 5.75. The zero-order valence-electron chi connectivity index (χ0n) is 10.4. The molecule has 94 valence electrons. The molecule has 0 aliphatic carbocycles. The molecule has 0 saturated carbocycles. The molecule has 0 amide bonds. The summed E-state index contributed by atoms with van der Waals surface area (Å²) in [5.74, 6) is 1.08. The molecule has 1 unspecified atom stereocenters. The highest BCUT2D eigenvalue weighted by Gasteiger charge is 2.26. The van der Waals surface area contributed by atoms with Crippen LogP contribution in [0.1, 0.15) is 31.4 Å². The molecule has 0 N–H and O–H groups in total. The van der Waals surface area contributed by atoms with Gasteiger partial charge in [0.15, 0.2) is 0 Å². The van der Waals surface area contributed by atoms with Crippen LogP contribution in [0.4, 0.5) is 0 Å². The molecule has 2 rings (SSSR count). The normalized spacial score (nSPS) is 17.4. The molecule has 1 aliphatic rings. The smallest absolute Gasteiger partial charge is 0.125 e. The first-order valence-corrected chi connectivity index (χ1v) is 7.58. The van der Waals surface area contributed by atoms with Crippen molar-refractivity contribution >= 4 is 27.5 Å². The first-order valence-electron chi connectivity index (χ1n) is 6.08. The minimum atomic E-state index is 0.268. The molecule has 1 atom stereocenters. The molecule has 0 radical (unpaired) electrons. The van der Waals surface area contributed by atoms with Gasteiger partial charge in [0.2, 0.25) is 0 Å². The Bertz CT molecular complexity index is 413. The van der Waals surface area contributed by atoms with E-state index in [1.54, 1.807) is 0 Å². The van der Waals surface area contributed by atoms with Gasteiger partial charge in [-0.25, -0.2) is 0 Å². The van der Waals surface area contributed by atoms with Crippen molar-refractivity contribution in [3.05, 3.63) is 28.3 Å². The van der Waals surface area contributed by atoms with Crippen LogP contribution in [-0.2, 0) is 12.8 Å². The molecular formula is C14H18BrClO. The van der Waals surface area contributed by atoms with Gasteiger partial charge in [0.1, 0.15) is 5.75 Å². The molecule has 0 aromatic heterocycles. The Kier molecular flexibility index (Phi) is 4.04. The second-order valence-corrected chi connectivity index (χ2v) is 6.12. The van der Waals surface area contributed by atoms with Gasteiger partial charge in [-0.1, -0.05) is 41.4 Å². The lowest BCUT2D eigenvalue weighted by Gasteiger charge is -2.26. The fourth-order valence-electron chi connectivity index (χ4n) is 2.20. The topological polar surface area (TPSA) is 9.23 Å². The molecule has 1 aromatic carbocycles. The Balaban J connectivity index is 2.33. The second kappa shape index (κ2) is 5.19. The summed E-state index contributed by atoms with van der Waals surface area (Å²) in [6.45, 7) is 5.32. The van der Waals surface area contributed by atoms with Gasteiger partial charge >= 0.3 is 0 Å². The van der Waals surface area contributed by atoms with Crippen molar-refractivity contribution < 1.29 is 4.74 Å². The first-order chi connectivity index (χ1) is 8.08. The zero-order chi connectivity index (χ0) is 12.5. The highest BCUT2D eigenvalue weighted by Crippen LogP contribution is 2.38. The highest BCUT2D eigenvalue weighted by molar-refractivity contribution is 9.09. The van der Waals surface area contributed by atoms with Gasteiger partial charge in [-0.2, -0.15) is 0 Å². The van der Waals surface area contributed by atoms with Crippen LogP contribution < -0.4 is 4.74 Å². The fraction of sp³-hybridized carbons (Fsp3) is 0.571. The van der Waals surface area contributed by atoms with Crippen molar-refractivity contribution in [2.45, 2.75) is 33.1 Å². The maximum Gasteiger partial charge on any atom is 0.125 e. The molecule has 3 heteroatoms. The number of hydrogen-bond donors (Lipinski definition) is 0. The van der Waals surface area contributed by atoms with Gasteiger partial charge < -0.3 is 4.74 Å². The van der Waals surface area contributed by atoms with Crippen LogP contribution >= 0.6 is 27.5 Å². The minimum Gasteiger partial charge on any atom is -0.493 e. The van der Waals surface area contributed by atoms with Crippen LogP contribution in [0.5, 0.6) is 5.75 Å². The molecule has 0 bridgehead atoms. The minimum absolute atomic E-state index is 0.268. The lowest BCUT2D eigenvalue weighted by atomic mass is 9.82. The maximum atomic E-state index is 6.18. The number of benzene rings is 1. The molecule has 17 heavy (non-hydrogen) atoms. The SMILES string of the molecule is CCC(C)(CBr)Cc1cc(Cl)cc2c1OCC2. The van der Waals surface area contributed by atoms with E-state index in [1.165, 1.54) is 11.1 Å². The van der Waals surface area contributed by atoms with Crippen molar-refractivity contribution in [3.63, 3.8) is 0 Å². The van der Waals surface area contributed by atoms with Crippen molar-refractivity contribution in [1.29, 1.82) is 0 Å². The number of halogens is 2. The quantitative estimate of drug-likeness (QED) is 0.736. The molecular weight excluding hydrogens is 300 g/mol. The zero-order valence-corrected chi connectivity index (χ0v) is 12.7. The van der Waals surface area contributed by atoms with Gasteiger partial charge in [-0.05, 0) is 41.5 Å². The molecule has 0 fully saturated rings. The third-order valence-electron chi connectivity index (χ3n) is 3.62. The van der Waals surface area contributed by atoms with E-state index < -0.39 is 0 Å². The van der Waals surface area contributed by atoms with Crippen LogP contribution in [0.25, 0.3) is 0 Å². The van der Waals surface area contributed by atoms with E-state index in [-0.39, 0.29) is 5.41 Å². The Morgan fingerprint density at radius 3 is 2.88 bits per heavy atom. The van der Waals surface area contributed by atoms with Gasteiger partial charge in [0, 0.05) is 16.8 Å². The number of rotatable bonds is 4. The van der Waals surface area contributed by atoms with E-state index in [4.69, 9.17) is 16.3 Å². The average molecular weight is 318 g/mol. The lowest BCUT2D eigenvalue weighted by Crippen LogP contribution is -2.20. The summed E-state index contributed by atoms with van der Waals surface area (Å²) >= 11 is 9.79. The molecule has 1 aromatic rings. The Labute approximate surface area is 117 Å². The predicted molar refractivity (Wildman–Crippen MR) is 76.5 cm³/mol. The van der Waals surface area contributed by atoms with E-state index in [2.05, 4.69) is 35.8 Å². The van der Waals surface area contributed by atoms with Crippen molar-refractivity contribution in [2.75, 3.05) is 11.9 Å². The van der Waals surface area contributed by atoms with E-state index >= 15 is 0 Å². The van der Waals surface area contributed by atoms with Crippen molar-refractivity contribution in [1.82, 2.24) is 0 Å². The van der Waals surface area contributed by atoms with Gasteiger partial charge in [0.25, 0.3) is 0 Å².